The third kappa shape index (κ3) is 3.45. The first-order chi connectivity index (χ1) is 12.9. The molecule has 0 saturated carbocycles. The van der Waals surface area contributed by atoms with Crippen LogP contribution in [0.1, 0.15) is 29.4 Å². The van der Waals surface area contributed by atoms with Gasteiger partial charge in [-0.3, -0.25) is 4.79 Å². The summed E-state index contributed by atoms with van der Waals surface area (Å²) in [5.74, 6) is 0.404. The van der Waals surface area contributed by atoms with Crippen molar-refractivity contribution in [1.82, 2.24) is 9.78 Å². The van der Waals surface area contributed by atoms with Crippen molar-refractivity contribution in [3.8, 4) is 5.69 Å². The molecule has 138 valence electrons. The van der Waals surface area contributed by atoms with Crippen molar-refractivity contribution >= 4 is 40.5 Å². The lowest BCUT2D eigenvalue weighted by atomic mass is 9.87. The predicted octanol–water partition coefficient (Wildman–Crippen LogP) is 5.83. The molecule has 1 atom stereocenters. The van der Waals surface area contributed by atoms with Crippen molar-refractivity contribution in [2.75, 3.05) is 5.32 Å². The average Bonchev–Trinajstić information content (AvgIpc) is 2.97. The van der Waals surface area contributed by atoms with Crippen LogP contribution >= 0.6 is 23.2 Å². The first-order valence-electron chi connectivity index (χ1n) is 8.55. The van der Waals surface area contributed by atoms with Crippen molar-refractivity contribution in [1.29, 1.82) is 0 Å². The molecule has 4 nitrogen and oxygen atoms in total. The van der Waals surface area contributed by atoms with Crippen LogP contribution in [0.15, 0.2) is 42.5 Å². The molecule has 27 heavy (non-hydrogen) atoms. The molecule has 0 radical (unpaired) electrons. The van der Waals surface area contributed by atoms with Gasteiger partial charge in [-0.25, -0.2) is 9.07 Å². The molecule has 0 amide bonds. The van der Waals surface area contributed by atoms with E-state index in [4.69, 9.17) is 23.2 Å². The number of benzene rings is 2. The van der Waals surface area contributed by atoms with E-state index in [1.807, 2.05) is 6.92 Å². The van der Waals surface area contributed by atoms with Crippen LogP contribution in [0, 0.1) is 11.7 Å². The Bertz CT molecular complexity index is 1030. The molecule has 0 aliphatic heterocycles. The third-order valence-corrected chi connectivity index (χ3v) is 5.33. The second-order valence-corrected chi connectivity index (χ2v) is 7.56. The maximum atomic E-state index is 13.3. The zero-order valence-electron chi connectivity index (χ0n) is 14.5. The lowest BCUT2D eigenvalue weighted by Gasteiger charge is -2.19. The summed E-state index contributed by atoms with van der Waals surface area (Å²) >= 11 is 12.1. The monoisotopic (exact) mass is 403 g/mol. The number of anilines is 2. The Morgan fingerprint density at radius 1 is 1.11 bits per heavy atom. The maximum absolute atomic E-state index is 13.3. The van der Waals surface area contributed by atoms with Crippen molar-refractivity contribution < 1.29 is 9.18 Å². The molecule has 0 unspecified atom stereocenters. The largest absolute Gasteiger partial charge is 0.338 e. The number of hydrogen-bond acceptors (Lipinski definition) is 3. The van der Waals surface area contributed by atoms with Crippen molar-refractivity contribution in [3.05, 3.63) is 69.6 Å². The van der Waals surface area contributed by atoms with Gasteiger partial charge in [0.05, 0.1) is 27.0 Å². The minimum Gasteiger partial charge on any atom is -0.338 e. The van der Waals surface area contributed by atoms with Gasteiger partial charge in [-0.2, -0.15) is 0 Å². The van der Waals surface area contributed by atoms with Crippen molar-refractivity contribution in [3.63, 3.8) is 0 Å². The number of aromatic nitrogens is 2. The molecule has 0 spiro atoms. The number of rotatable bonds is 3. The summed E-state index contributed by atoms with van der Waals surface area (Å²) in [7, 11) is 0. The van der Waals surface area contributed by atoms with Gasteiger partial charge < -0.3 is 5.32 Å². The van der Waals surface area contributed by atoms with E-state index in [0.29, 0.717) is 45.6 Å². The zero-order valence-corrected chi connectivity index (χ0v) is 16.0. The number of ketones is 1. The molecule has 1 aromatic heterocycles. The number of nitrogens with one attached hydrogen (secondary N) is 1. The highest BCUT2D eigenvalue weighted by molar-refractivity contribution is 6.42. The molecule has 1 heterocycles. The minimum atomic E-state index is -0.321. The molecule has 0 saturated heterocycles. The van der Waals surface area contributed by atoms with E-state index in [1.165, 1.54) is 12.1 Å². The number of carbonyl (C=O) groups excluding carboxylic acids is 1. The van der Waals surface area contributed by atoms with Gasteiger partial charge in [-0.15, -0.1) is 5.10 Å². The van der Waals surface area contributed by atoms with Gasteiger partial charge in [0.2, 0.25) is 0 Å². The van der Waals surface area contributed by atoms with E-state index in [-0.39, 0.29) is 17.5 Å². The molecule has 3 aromatic rings. The fourth-order valence-electron chi connectivity index (χ4n) is 3.35. The number of hydrogen-bond donors (Lipinski definition) is 1. The third-order valence-electron chi connectivity index (χ3n) is 4.59. The number of fused-ring (bicyclic) bond motifs is 1. The van der Waals surface area contributed by atoms with Gasteiger partial charge in [0.1, 0.15) is 5.82 Å². The summed E-state index contributed by atoms with van der Waals surface area (Å²) in [6.45, 7) is 2.04. The van der Waals surface area contributed by atoms with Crippen LogP contribution in [-0.2, 0) is 6.42 Å². The van der Waals surface area contributed by atoms with Crippen LogP contribution in [0.3, 0.4) is 0 Å². The van der Waals surface area contributed by atoms with Crippen LogP contribution in [0.25, 0.3) is 5.69 Å². The highest BCUT2D eigenvalue weighted by atomic mass is 35.5. The summed E-state index contributed by atoms with van der Waals surface area (Å²) in [5, 5.41) is 8.65. The Morgan fingerprint density at radius 3 is 2.56 bits per heavy atom. The van der Waals surface area contributed by atoms with E-state index in [1.54, 1.807) is 35.0 Å². The van der Waals surface area contributed by atoms with E-state index in [2.05, 4.69) is 10.4 Å². The molecular weight excluding hydrogens is 388 g/mol. The Hall–Kier alpha value is -2.37. The topological polar surface area (TPSA) is 46.9 Å². The first kappa shape index (κ1) is 18.0. The van der Waals surface area contributed by atoms with Crippen molar-refractivity contribution in [2.45, 2.75) is 19.8 Å². The second-order valence-electron chi connectivity index (χ2n) is 6.75. The highest BCUT2D eigenvalue weighted by Crippen LogP contribution is 2.34. The number of halogens is 3. The minimum absolute atomic E-state index is 0.0414. The average molecular weight is 404 g/mol. The van der Waals surface area contributed by atoms with Crippen LogP contribution in [0.4, 0.5) is 15.9 Å². The lowest BCUT2D eigenvalue weighted by molar-refractivity contribution is 0.0953. The van der Waals surface area contributed by atoms with Gasteiger partial charge >= 0.3 is 0 Å². The zero-order chi connectivity index (χ0) is 19.1. The predicted molar refractivity (Wildman–Crippen MR) is 105 cm³/mol. The van der Waals surface area contributed by atoms with Crippen LogP contribution in [0.5, 0.6) is 0 Å². The van der Waals surface area contributed by atoms with Gasteiger partial charge in [0, 0.05) is 12.1 Å². The molecular formula is C20H16Cl2FN3O. The number of nitrogens with zero attached hydrogens (tertiary/aromatic N) is 2. The Balaban J connectivity index is 1.82. The lowest BCUT2D eigenvalue weighted by Crippen LogP contribution is -2.19. The summed E-state index contributed by atoms with van der Waals surface area (Å²) < 4.78 is 15.0. The van der Waals surface area contributed by atoms with Gasteiger partial charge in [0.15, 0.2) is 11.6 Å². The maximum Gasteiger partial charge on any atom is 0.168 e. The van der Waals surface area contributed by atoms with Crippen LogP contribution in [0.2, 0.25) is 10.0 Å². The normalized spacial score (nSPS) is 16.3. The van der Waals surface area contributed by atoms with Gasteiger partial charge in [-0.05, 0) is 54.8 Å². The molecule has 4 rings (SSSR count). The van der Waals surface area contributed by atoms with Crippen LogP contribution < -0.4 is 5.32 Å². The fourth-order valence-corrected chi connectivity index (χ4v) is 3.65. The molecule has 2 aromatic carbocycles. The smallest absolute Gasteiger partial charge is 0.168 e. The summed E-state index contributed by atoms with van der Waals surface area (Å²) in [5.41, 5.74) is 2.79. The summed E-state index contributed by atoms with van der Waals surface area (Å²) in [6.07, 6.45) is 1.19. The first-order valence-corrected chi connectivity index (χ1v) is 9.31. The molecule has 7 heteroatoms. The molecule has 0 fully saturated rings. The molecule has 1 aliphatic carbocycles. The Kier molecular flexibility index (Phi) is 4.66. The quantitative estimate of drug-likeness (QED) is 0.598. The van der Waals surface area contributed by atoms with E-state index >= 15 is 0 Å². The van der Waals surface area contributed by atoms with E-state index < -0.39 is 0 Å². The standard InChI is InChI=1S/C20H16Cl2FN3O/c1-11-8-17-19(18(27)9-11)20(24-13-4-7-15(21)16(22)10-13)25-26(17)14-5-2-12(23)3-6-14/h2-7,10-11H,8-9H2,1H3,(H,24,25)/t11-/m0/s1. The second kappa shape index (κ2) is 6.98. The van der Waals surface area contributed by atoms with Gasteiger partial charge in [-0.1, -0.05) is 30.1 Å². The molecule has 1 N–H and O–H groups in total. The Labute approximate surface area is 165 Å². The molecule has 0 bridgehead atoms. The van der Waals surface area contributed by atoms with Gasteiger partial charge in [0.25, 0.3) is 0 Å². The fraction of sp³-hybridized carbons (Fsp3) is 0.200. The van der Waals surface area contributed by atoms with E-state index in [9.17, 15) is 9.18 Å². The number of Topliss-reactive ketones (excluding diaryl/α,β-unsaturated/α-hetero) is 1. The molecule has 1 aliphatic rings. The van der Waals surface area contributed by atoms with E-state index in [0.717, 1.165) is 5.69 Å². The number of carbonyl (C=O) groups is 1. The van der Waals surface area contributed by atoms with Crippen LogP contribution in [-0.4, -0.2) is 15.6 Å². The SMILES string of the molecule is C[C@@H]1CC(=O)c2c(Nc3ccc(Cl)c(Cl)c3)nn(-c3ccc(F)cc3)c2C1. The Morgan fingerprint density at radius 2 is 1.85 bits per heavy atom. The highest BCUT2D eigenvalue weighted by Gasteiger charge is 2.31. The summed E-state index contributed by atoms with van der Waals surface area (Å²) in [6, 6.07) is 11.2. The summed E-state index contributed by atoms with van der Waals surface area (Å²) in [4.78, 5) is 12.7. The van der Waals surface area contributed by atoms with Crippen molar-refractivity contribution in [2.24, 2.45) is 5.92 Å².